The van der Waals surface area contributed by atoms with Gasteiger partial charge in [-0.25, -0.2) is 0 Å². The van der Waals surface area contributed by atoms with Gasteiger partial charge in [-0.15, -0.1) is 0 Å². The van der Waals surface area contributed by atoms with Crippen molar-refractivity contribution < 1.29 is 9.59 Å². The molecule has 0 aromatic carbocycles. The van der Waals surface area contributed by atoms with E-state index in [2.05, 4.69) is 5.32 Å². The Morgan fingerprint density at radius 1 is 1.22 bits per heavy atom. The number of hydrogen-bond donors (Lipinski definition) is 1. The highest BCUT2D eigenvalue weighted by atomic mass is 16.2. The largest absolute Gasteiger partial charge is 0.338 e. The molecular weight excluding hydrogens is 230 g/mol. The molecule has 0 aromatic heterocycles. The maximum atomic E-state index is 12.4. The van der Waals surface area contributed by atoms with Crippen LogP contribution < -0.4 is 5.32 Å². The molecule has 1 N–H and O–H groups in total. The lowest BCUT2D eigenvalue weighted by Crippen LogP contribution is -2.57. The summed E-state index contributed by atoms with van der Waals surface area (Å²) in [5, 5.41) is 3.31. The summed E-state index contributed by atoms with van der Waals surface area (Å²) in [5.41, 5.74) is 0. The van der Waals surface area contributed by atoms with E-state index < -0.39 is 0 Å². The van der Waals surface area contributed by atoms with Gasteiger partial charge in [0, 0.05) is 32.1 Å². The van der Waals surface area contributed by atoms with Gasteiger partial charge in [0.25, 0.3) is 0 Å². The first-order valence-electron chi connectivity index (χ1n) is 7.07. The summed E-state index contributed by atoms with van der Waals surface area (Å²) < 4.78 is 0. The molecule has 0 bridgehead atoms. The lowest BCUT2D eigenvalue weighted by atomic mass is 10.0. The third-order valence-corrected chi connectivity index (χ3v) is 4.41. The number of piperazine rings is 1. The molecule has 3 fully saturated rings. The average molecular weight is 251 g/mol. The van der Waals surface area contributed by atoms with E-state index in [9.17, 15) is 9.59 Å². The summed E-state index contributed by atoms with van der Waals surface area (Å²) in [6, 6.07) is 0.293. The summed E-state index contributed by atoms with van der Waals surface area (Å²) >= 11 is 0. The van der Waals surface area contributed by atoms with Crippen molar-refractivity contribution in [2.45, 2.75) is 44.2 Å². The van der Waals surface area contributed by atoms with Crippen LogP contribution in [0.2, 0.25) is 0 Å². The Morgan fingerprint density at radius 2 is 2.11 bits per heavy atom. The minimum atomic E-state index is 0.0161. The summed E-state index contributed by atoms with van der Waals surface area (Å²) in [6.45, 7) is 3.13. The van der Waals surface area contributed by atoms with Gasteiger partial charge in [-0.2, -0.15) is 0 Å². The average Bonchev–Trinajstić information content (AvgIpc) is 2.80. The summed E-state index contributed by atoms with van der Waals surface area (Å²) in [6.07, 6.45) is 4.86. The van der Waals surface area contributed by atoms with Crippen LogP contribution in [-0.4, -0.2) is 59.9 Å². The van der Waals surface area contributed by atoms with Crippen LogP contribution in [0.5, 0.6) is 0 Å². The molecular formula is C13H21N3O2. The normalized spacial score (nSPS) is 32.6. The minimum Gasteiger partial charge on any atom is -0.338 e. The fourth-order valence-corrected chi connectivity index (χ4v) is 3.35. The molecule has 3 heterocycles. The second-order valence-electron chi connectivity index (χ2n) is 5.57. The van der Waals surface area contributed by atoms with Crippen LogP contribution in [0.4, 0.5) is 0 Å². The highest BCUT2D eigenvalue weighted by molar-refractivity contribution is 5.83. The standard InChI is InChI=1S/C13H21N3O2/c17-12-5-4-10-9-15(7-8-16(10)12)13(18)11-3-1-2-6-14-11/h10-11,14H,1-9H2/t10?,11-/m0/s1. The van der Waals surface area contributed by atoms with Gasteiger partial charge in [0.15, 0.2) is 0 Å². The lowest BCUT2D eigenvalue weighted by Gasteiger charge is -2.39. The first-order chi connectivity index (χ1) is 8.75. The Hall–Kier alpha value is -1.10. The van der Waals surface area contributed by atoms with Crippen LogP contribution in [0, 0.1) is 0 Å². The van der Waals surface area contributed by atoms with Crippen LogP contribution in [0.1, 0.15) is 32.1 Å². The van der Waals surface area contributed by atoms with E-state index in [1.807, 2.05) is 9.80 Å². The fourth-order valence-electron chi connectivity index (χ4n) is 3.35. The molecule has 0 saturated carbocycles. The predicted molar refractivity (Wildman–Crippen MR) is 67.0 cm³/mol. The van der Waals surface area contributed by atoms with Crippen LogP contribution in [0.25, 0.3) is 0 Å². The number of hydrogen-bond acceptors (Lipinski definition) is 3. The van der Waals surface area contributed by atoms with Gasteiger partial charge < -0.3 is 15.1 Å². The summed E-state index contributed by atoms with van der Waals surface area (Å²) in [7, 11) is 0. The Bertz CT molecular complexity index is 352. The molecule has 0 spiro atoms. The predicted octanol–water partition coefficient (Wildman–Crippen LogP) is -0.0383. The maximum absolute atomic E-state index is 12.4. The van der Waals surface area contributed by atoms with Gasteiger partial charge in [0.1, 0.15) is 0 Å². The monoisotopic (exact) mass is 251 g/mol. The van der Waals surface area contributed by atoms with Crippen molar-refractivity contribution in [2.75, 3.05) is 26.2 Å². The topological polar surface area (TPSA) is 52.7 Å². The van der Waals surface area contributed by atoms with Crippen LogP contribution in [0.15, 0.2) is 0 Å². The smallest absolute Gasteiger partial charge is 0.239 e. The summed E-state index contributed by atoms with van der Waals surface area (Å²) in [4.78, 5) is 27.9. The van der Waals surface area contributed by atoms with E-state index in [-0.39, 0.29) is 23.9 Å². The number of amides is 2. The molecule has 5 heteroatoms. The number of carbonyl (C=O) groups is 2. The first-order valence-corrected chi connectivity index (χ1v) is 7.07. The number of piperidine rings is 1. The highest BCUT2D eigenvalue weighted by Gasteiger charge is 2.38. The van der Waals surface area contributed by atoms with E-state index in [0.717, 1.165) is 38.9 Å². The Labute approximate surface area is 107 Å². The molecule has 0 aliphatic carbocycles. The minimum absolute atomic E-state index is 0.0161. The van der Waals surface area contributed by atoms with Crippen molar-refractivity contribution in [3.63, 3.8) is 0 Å². The van der Waals surface area contributed by atoms with Crippen molar-refractivity contribution >= 4 is 11.8 Å². The Balaban J connectivity index is 1.60. The van der Waals surface area contributed by atoms with Gasteiger partial charge in [-0.3, -0.25) is 9.59 Å². The molecule has 18 heavy (non-hydrogen) atoms. The molecule has 0 radical (unpaired) electrons. The molecule has 1 unspecified atom stereocenters. The molecule has 3 aliphatic heterocycles. The van der Waals surface area contributed by atoms with Gasteiger partial charge >= 0.3 is 0 Å². The molecule has 3 aliphatic rings. The lowest BCUT2D eigenvalue weighted by molar-refractivity contribution is -0.140. The van der Waals surface area contributed by atoms with Crippen molar-refractivity contribution in [3.8, 4) is 0 Å². The zero-order valence-electron chi connectivity index (χ0n) is 10.7. The third-order valence-electron chi connectivity index (χ3n) is 4.41. The second-order valence-corrected chi connectivity index (χ2v) is 5.57. The van der Waals surface area contributed by atoms with E-state index in [1.165, 1.54) is 6.42 Å². The van der Waals surface area contributed by atoms with Crippen molar-refractivity contribution in [1.82, 2.24) is 15.1 Å². The first kappa shape index (κ1) is 12.0. The van der Waals surface area contributed by atoms with Gasteiger partial charge in [-0.1, -0.05) is 6.42 Å². The fraction of sp³-hybridized carbons (Fsp3) is 0.846. The van der Waals surface area contributed by atoms with E-state index in [0.29, 0.717) is 13.0 Å². The molecule has 3 saturated heterocycles. The van der Waals surface area contributed by atoms with Crippen molar-refractivity contribution in [3.05, 3.63) is 0 Å². The van der Waals surface area contributed by atoms with Gasteiger partial charge in [0.05, 0.1) is 6.04 Å². The number of rotatable bonds is 1. The molecule has 5 nitrogen and oxygen atoms in total. The van der Waals surface area contributed by atoms with Gasteiger partial charge in [-0.05, 0) is 25.8 Å². The molecule has 0 aromatic rings. The maximum Gasteiger partial charge on any atom is 0.239 e. The molecule has 100 valence electrons. The zero-order chi connectivity index (χ0) is 12.5. The highest BCUT2D eigenvalue weighted by Crippen LogP contribution is 2.23. The quantitative estimate of drug-likeness (QED) is 0.711. The van der Waals surface area contributed by atoms with E-state index in [1.54, 1.807) is 0 Å². The van der Waals surface area contributed by atoms with Gasteiger partial charge in [0.2, 0.25) is 11.8 Å². The molecule has 2 amide bonds. The molecule has 3 rings (SSSR count). The number of nitrogens with one attached hydrogen (secondary N) is 1. The number of nitrogens with zero attached hydrogens (tertiary/aromatic N) is 2. The zero-order valence-corrected chi connectivity index (χ0v) is 10.7. The SMILES string of the molecule is O=C([C@@H]1CCCCN1)N1CCN2C(=O)CCC2C1. The van der Waals surface area contributed by atoms with Crippen LogP contribution >= 0.6 is 0 Å². The van der Waals surface area contributed by atoms with Crippen LogP contribution in [0.3, 0.4) is 0 Å². The number of fused-ring (bicyclic) bond motifs is 1. The van der Waals surface area contributed by atoms with E-state index in [4.69, 9.17) is 0 Å². The number of carbonyl (C=O) groups excluding carboxylic acids is 2. The van der Waals surface area contributed by atoms with Crippen molar-refractivity contribution in [2.24, 2.45) is 0 Å². The Morgan fingerprint density at radius 3 is 2.89 bits per heavy atom. The van der Waals surface area contributed by atoms with Crippen LogP contribution in [-0.2, 0) is 9.59 Å². The third kappa shape index (κ3) is 2.11. The molecule has 2 atom stereocenters. The van der Waals surface area contributed by atoms with E-state index >= 15 is 0 Å². The van der Waals surface area contributed by atoms with Crippen molar-refractivity contribution in [1.29, 1.82) is 0 Å². The summed E-state index contributed by atoms with van der Waals surface area (Å²) in [5.74, 6) is 0.511. The second kappa shape index (κ2) is 4.88. The Kier molecular flexibility index (Phi) is 3.24.